The zero-order valence-corrected chi connectivity index (χ0v) is 20.0. The van der Waals surface area contributed by atoms with Crippen LogP contribution in [0.3, 0.4) is 0 Å². The Balaban J connectivity index is 1.41. The average molecular weight is 490 g/mol. The summed E-state index contributed by atoms with van der Waals surface area (Å²) in [6.45, 7) is 5.18. The Morgan fingerprint density at radius 3 is 2.66 bits per heavy atom. The van der Waals surface area contributed by atoms with Gasteiger partial charge in [-0.2, -0.15) is 0 Å². The molecule has 0 bridgehead atoms. The number of rotatable bonds is 7. The highest BCUT2D eigenvalue weighted by atomic mass is 35.5. The van der Waals surface area contributed by atoms with Crippen molar-refractivity contribution in [1.82, 2.24) is 19.9 Å². The molecule has 4 rings (SSSR count). The van der Waals surface area contributed by atoms with Crippen molar-refractivity contribution in [2.75, 3.05) is 18.0 Å². The van der Waals surface area contributed by atoms with Crippen molar-refractivity contribution in [1.29, 1.82) is 0 Å². The number of Topliss-reactive ketones (excluding diaryl/α,β-unsaturated/α-hetero) is 1. The van der Waals surface area contributed by atoms with Crippen LogP contribution >= 0.6 is 34.5 Å². The molecule has 7 nitrogen and oxygen atoms in total. The topological polar surface area (TPSA) is 79.3 Å². The second-order valence-electron chi connectivity index (χ2n) is 7.59. The van der Waals surface area contributed by atoms with Crippen molar-refractivity contribution in [2.45, 2.75) is 33.2 Å². The van der Waals surface area contributed by atoms with Crippen molar-refractivity contribution in [3.63, 3.8) is 0 Å². The number of carbonyl (C=O) groups is 2. The Morgan fingerprint density at radius 1 is 1.12 bits per heavy atom. The van der Waals surface area contributed by atoms with Crippen LogP contribution in [-0.4, -0.2) is 44.8 Å². The lowest BCUT2D eigenvalue weighted by atomic mass is 10.1. The Hall–Kier alpha value is -2.55. The van der Waals surface area contributed by atoms with Gasteiger partial charge in [0.2, 0.25) is 0 Å². The van der Waals surface area contributed by atoms with Crippen LogP contribution in [0, 0.1) is 13.8 Å². The number of anilines is 1. The molecule has 2 aromatic heterocycles. The number of nitrogens with zero attached hydrogens (tertiary/aromatic N) is 5. The lowest BCUT2D eigenvalue weighted by Gasteiger charge is -2.17. The second-order valence-corrected chi connectivity index (χ2v) is 9.38. The SMILES string of the molecule is Cc1cnc(CCC(=O)c2sc(N3CCN(Cc4ccc(Cl)c(Cl)c4)C3=O)nc2C)cn1. The zero-order valence-electron chi connectivity index (χ0n) is 17.6. The quantitative estimate of drug-likeness (QED) is 0.430. The third kappa shape index (κ3) is 4.92. The minimum absolute atomic E-state index is 0.00654. The lowest BCUT2D eigenvalue weighted by molar-refractivity contribution is 0.0985. The molecule has 0 N–H and O–H groups in total. The van der Waals surface area contributed by atoms with Crippen molar-refractivity contribution in [3.8, 4) is 0 Å². The monoisotopic (exact) mass is 489 g/mol. The summed E-state index contributed by atoms with van der Waals surface area (Å²) in [6.07, 6.45) is 4.22. The molecule has 1 aromatic carbocycles. The first-order chi connectivity index (χ1) is 15.3. The summed E-state index contributed by atoms with van der Waals surface area (Å²) in [5, 5.41) is 1.49. The fourth-order valence-corrected chi connectivity index (χ4v) is 4.80. The van der Waals surface area contributed by atoms with Gasteiger partial charge in [0.25, 0.3) is 0 Å². The van der Waals surface area contributed by atoms with Gasteiger partial charge < -0.3 is 4.90 Å². The highest BCUT2D eigenvalue weighted by Crippen LogP contribution is 2.31. The first-order valence-corrected chi connectivity index (χ1v) is 11.7. The highest BCUT2D eigenvalue weighted by molar-refractivity contribution is 7.17. The maximum absolute atomic E-state index is 13.0. The van der Waals surface area contributed by atoms with Crippen LogP contribution in [0.1, 0.15) is 38.7 Å². The van der Waals surface area contributed by atoms with Gasteiger partial charge in [0.05, 0.1) is 32.0 Å². The molecule has 32 heavy (non-hydrogen) atoms. The van der Waals surface area contributed by atoms with Gasteiger partial charge in [0.15, 0.2) is 10.9 Å². The van der Waals surface area contributed by atoms with E-state index in [1.165, 1.54) is 11.3 Å². The molecule has 3 heterocycles. The van der Waals surface area contributed by atoms with Crippen LogP contribution in [0.2, 0.25) is 10.0 Å². The number of halogens is 2. The summed E-state index contributed by atoms with van der Waals surface area (Å²) in [5.41, 5.74) is 3.16. The zero-order chi connectivity index (χ0) is 22.8. The molecule has 10 heteroatoms. The van der Waals surface area contributed by atoms with Gasteiger partial charge in [-0.1, -0.05) is 40.6 Å². The van der Waals surface area contributed by atoms with Gasteiger partial charge >= 0.3 is 6.03 Å². The molecule has 0 atom stereocenters. The molecule has 1 aliphatic heterocycles. The number of thiazole rings is 1. The number of hydrogen-bond donors (Lipinski definition) is 0. The van der Waals surface area contributed by atoms with Crippen LogP contribution in [0.15, 0.2) is 30.6 Å². The van der Waals surface area contributed by atoms with Crippen molar-refractivity contribution >= 4 is 51.5 Å². The summed E-state index contributed by atoms with van der Waals surface area (Å²) in [4.78, 5) is 42.7. The Morgan fingerprint density at radius 2 is 1.94 bits per heavy atom. The Kier molecular flexibility index (Phi) is 6.74. The summed E-state index contributed by atoms with van der Waals surface area (Å²) in [6, 6.07) is 5.20. The smallest absolute Gasteiger partial charge is 0.318 e. The Labute approximate surface area is 200 Å². The van der Waals surface area contributed by atoms with E-state index in [0.717, 1.165) is 17.0 Å². The Bertz CT molecular complexity index is 1170. The second kappa shape index (κ2) is 9.52. The third-order valence-electron chi connectivity index (χ3n) is 5.16. The van der Waals surface area contributed by atoms with E-state index < -0.39 is 0 Å². The van der Waals surface area contributed by atoms with Gasteiger partial charge in [-0.05, 0) is 38.0 Å². The minimum Gasteiger partial charge on any atom is -0.318 e. The minimum atomic E-state index is -0.140. The fraction of sp³-hybridized carbons (Fsp3) is 0.318. The molecule has 166 valence electrons. The van der Waals surface area contributed by atoms with E-state index in [1.54, 1.807) is 41.2 Å². The molecule has 0 spiro atoms. The lowest BCUT2D eigenvalue weighted by Crippen LogP contribution is -2.31. The average Bonchev–Trinajstić information content (AvgIpc) is 3.32. The van der Waals surface area contributed by atoms with Crippen LogP contribution < -0.4 is 4.90 Å². The summed E-state index contributed by atoms with van der Waals surface area (Å²) >= 11 is 13.3. The van der Waals surface area contributed by atoms with Crippen LogP contribution in [0.25, 0.3) is 0 Å². The van der Waals surface area contributed by atoms with E-state index in [2.05, 4.69) is 15.0 Å². The summed E-state index contributed by atoms with van der Waals surface area (Å²) < 4.78 is 0. The van der Waals surface area contributed by atoms with Crippen LogP contribution in [-0.2, 0) is 13.0 Å². The van der Waals surface area contributed by atoms with Crippen molar-refractivity contribution in [2.24, 2.45) is 0 Å². The van der Waals surface area contributed by atoms with Gasteiger partial charge in [0, 0.05) is 38.4 Å². The standard InChI is InChI=1S/C22H21Cl2N5O2S/c1-13-10-26-16(11-25-13)4-6-19(30)20-14(2)27-21(32-20)29-8-7-28(22(29)31)12-15-3-5-17(23)18(24)9-15/h3,5,9-11H,4,6-8,12H2,1-2H3. The predicted molar refractivity (Wildman–Crippen MR) is 126 cm³/mol. The van der Waals surface area contributed by atoms with E-state index in [4.69, 9.17) is 23.2 Å². The molecule has 0 unspecified atom stereocenters. The summed E-state index contributed by atoms with van der Waals surface area (Å²) in [7, 11) is 0. The molecule has 1 saturated heterocycles. The van der Waals surface area contributed by atoms with E-state index in [0.29, 0.717) is 58.2 Å². The molecule has 0 aliphatic carbocycles. The third-order valence-corrected chi connectivity index (χ3v) is 7.12. The number of hydrogen-bond acceptors (Lipinski definition) is 6. The number of aromatic nitrogens is 3. The van der Waals surface area contributed by atoms with E-state index in [9.17, 15) is 9.59 Å². The molecular weight excluding hydrogens is 469 g/mol. The first-order valence-electron chi connectivity index (χ1n) is 10.1. The number of benzene rings is 1. The fourth-order valence-electron chi connectivity index (χ4n) is 3.43. The van der Waals surface area contributed by atoms with Crippen LogP contribution in [0.4, 0.5) is 9.93 Å². The van der Waals surface area contributed by atoms with Gasteiger partial charge in [-0.3, -0.25) is 19.7 Å². The van der Waals surface area contributed by atoms with E-state index in [-0.39, 0.29) is 11.8 Å². The maximum atomic E-state index is 13.0. The van der Waals surface area contributed by atoms with Gasteiger partial charge in [-0.15, -0.1) is 0 Å². The van der Waals surface area contributed by atoms with E-state index >= 15 is 0 Å². The number of ketones is 1. The van der Waals surface area contributed by atoms with E-state index in [1.807, 2.05) is 13.0 Å². The van der Waals surface area contributed by atoms with Crippen LogP contribution in [0.5, 0.6) is 0 Å². The first kappa shape index (κ1) is 22.6. The molecule has 1 aliphatic rings. The summed E-state index contributed by atoms with van der Waals surface area (Å²) in [5.74, 6) is -0.00654. The predicted octanol–water partition coefficient (Wildman–Crippen LogP) is 5.11. The molecular formula is C22H21Cl2N5O2S. The number of carbonyl (C=O) groups excluding carboxylic acids is 2. The molecule has 2 amide bonds. The molecule has 0 saturated carbocycles. The number of amides is 2. The molecule has 3 aromatic rings. The maximum Gasteiger partial charge on any atom is 0.326 e. The largest absolute Gasteiger partial charge is 0.326 e. The number of urea groups is 1. The van der Waals surface area contributed by atoms with Gasteiger partial charge in [0.1, 0.15) is 0 Å². The molecule has 0 radical (unpaired) electrons. The molecule has 1 fully saturated rings. The van der Waals surface area contributed by atoms with Crippen molar-refractivity contribution in [3.05, 3.63) is 68.2 Å². The van der Waals surface area contributed by atoms with Gasteiger partial charge in [-0.25, -0.2) is 9.78 Å². The van der Waals surface area contributed by atoms with Crippen molar-refractivity contribution < 1.29 is 9.59 Å². The normalized spacial score (nSPS) is 13.8. The number of aryl methyl sites for hydroxylation is 3. The highest BCUT2D eigenvalue weighted by Gasteiger charge is 2.32.